The molecule has 212 valence electrons. The molecule has 10 nitrogen and oxygen atoms in total. The van der Waals surface area contributed by atoms with Gasteiger partial charge in [0.2, 0.25) is 5.95 Å². The van der Waals surface area contributed by atoms with Gasteiger partial charge < -0.3 is 10.2 Å². The number of hydrogen-bond acceptors (Lipinski definition) is 9. The van der Waals surface area contributed by atoms with Crippen molar-refractivity contribution in [3.8, 4) is 0 Å². The van der Waals surface area contributed by atoms with Crippen LogP contribution in [0.15, 0.2) is 71.8 Å². The Morgan fingerprint density at radius 1 is 0.976 bits per heavy atom. The lowest BCUT2D eigenvalue weighted by Gasteiger charge is -2.34. The molecule has 2 aliphatic rings. The third-order valence-electron chi connectivity index (χ3n) is 7.55. The number of ketones is 1. The van der Waals surface area contributed by atoms with Crippen molar-refractivity contribution in [2.45, 2.75) is 36.6 Å². The summed E-state index contributed by atoms with van der Waals surface area (Å²) in [4.78, 5) is 26.7. The van der Waals surface area contributed by atoms with Crippen LogP contribution in [0.4, 0.5) is 17.6 Å². The van der Waals surface area contributed by atoms with Gasteiger partial charge in [-0.1, -0.05) is 36.4 Å². The zero-order valence-electron chi connectivity index (χ0n) is 23.0. The van der Waals surface area contributed by atoms with E-state index in [1.54, 1.807) is 18.3 Å². The molecule has 2 N–H and O–H groups in total. The number of nitrogens with one attached hydrogen (secondary N) is 2. The summed E-state index contributed by atoms with van der Waals surface area (Å²) in [5, 5.41) is 10.8. The van der Waals surface area contributed by atoms with E-state index in [0.717, 1.165) is 56.2 Å². The fourth-order valence-electron chi connectivity index (χ4n) is 5.02. The van der Waals surface area contributed by atoms with Gasteiger partial charge in [0.15, 0.2) is 21.4 Å². The van der Waals surface area contributed by atoms with Crippen molar-refractivity contribution in [2.24, 2.45) is 0 Å². The fraction of sp³-hybridized carbons (Fsp3) is 0.333. The largest absolute Gasteiger partial charge is 0.338 e. The van der Waals surface area contributed by atoms with Crippen molar-refractivity contribution in [1.82, 2.24) is 25.1 Å². The number of anilines is 3. The molecule has 41 heavy (non-hydrogen) atoms. The maximum Gasteiger partial charge on any atom is 0.227 e. The molecular formula is C30H33N7O3S. The summed E-state index contributed by atoms with van der Waals surface area (Å²) in [6.07, 6.45) is 5.60. The second-order valence-electron chi connectivity index (χ2n) is 10.8. The highest BCUT2D eigenvalue weighted by Crippen LogP contribution is 2.39. The Hall–Kier alpha value is -4.09. The molecule has 1 saturated heterocycles. The summed E-state index contributed by atoms with van der Waals surface area (Å²) < 4.78 is 23.6. The Morgan fingerprint density at radius 3 is 2.46 bits per heavy atom. The van der Waals surface area contributed by atoms with Crippen LogP contribution in [0.25, 0.3) is 0 Å². The second-order valence-corrected chi connectivity index (χ2v) is 12.8. The first-order chi connectivity index (χ1) is 19.8. The molecule has 2 fully saturated rings. The normalized spacial score (nSPS) is 16.1. The SMILES string of the molecule is CS(=O)(=O)c1cccc(C(=O)Cc2ccc(CN3CCN(c4nccc(Nc5cc(C6CC6)[nH]n5)n4)CC3)cc2)c1. The van der Waals surface area contributed by atoms with Crippen LogP contribution >= 0.6 is 0 Å². The number of aromatic nitrogens is 4. The third kappa shape index (κ3) is 6.80. The van der Waals surface area contributed by atoms with Gasteiger partial charge in [-0.3, -0.25) is 14.8 Å². The van der Waals surface area contributed by atoms with Crippen molar-refractivity contribution < 1.29 is 13.2 Å². The van der Waals surface area contributed by atoms with Crippen molar-refractivity contribution in [1.29, 1.82) is 0 Å². The molecule has 0 radical (unpaired) electrons. The maximum absolute atomic E-state index is 12.8. The quantitative estimate of drug-likeness (QED) is 0.272. The molecule has 6 rings (SSSR count). The van der Waals surface area contributed by atoms with E-state index in [2.05, 4.69) is 48.5 Å². The molecule has 1 aliphatic heterocycles. The van der Waals surface area contributed by atoms with E-state index in [9.17, 15) is 13.2 Å². The van der Waals surface area contributed by atoms with Gasteiger partial charge in [-0.25, -0.2) is 13.4 Å². The van der Waals surface area contributed by atoms with Gasteiger partial charge in [0.25, 0.3) is 0 Å². The Balaban J connectivity index is 0.997. The number of H-pyrrole nitrogens is 1. The van der Waals surface area contributed by atoms with E-state index < -0.39 is 9.84 Å². The minimum absolute atomic E-state index is 0.103. The van der Waals surface area contributed by atoms with E-state index >= 15 is 0 Å². The van der Waals surface area contributed by atoms with E-state index in [0.29, 0.717) is 17.4 Å². The number of benzene rings is 2. The fourth-order valence-corrected chi connectivity index (χ4v) is 5.69. The van der Waals surface area contributed by atoms with E-state index in [1.165, 1.54) is 36.2 Å². The summed E-state index contributed by atoms with van der Waals surface area (Å²) in [6, 6.07) is 18.2. The first kappa shape index (κ1) is 27.1. The van der Waals surface area contributed by atoms with Gasteiger partial charge in [-0.15, -0.1) is 0 Å². The summed E-state index contributed by atoms with van der Waals surface area (Å²) >= 11 is 0. The minimum atomic E-state index is -3.36. The number of carbonyl (C=O) groups is 1. The number of Topliss-reactive ketones (excluding diaryl/α,β-unsaturated/α-hetero) is 1. The molecule has 0 amide bonds. The molecule has 0 bridgehead atoms. The van der Waals surface area contributed by atoms with Crippen LogP contribution in [-0.4, -0.2) is 71.7 Å². The highest BCUT2D eigenvalue weighted by Gasteiger charge is 2.25. The number of rotatable bonds is 10. The van der Waals surface area contributed by atoms with Gasteiger partial charge in [0.05, 0.1) is 4.90 Å². The van der Waals surface area contributed by atoms with Crippen molar-refractivity contribution in [3.63, 3.8) is 0 Å². The van der Waals surface area contributed by atoms with Crippen molar-refractivity contribution >= 4 is 33.2 Å². The van der Waals surface area contributed by atoms with E-state index in [1.807, 2.05) is 18.2 Å². The van der Waals surface area contributed by atoms with Crippen LogP contribution in [0.3, 0.4) is 0 Å². The topological polar surface area (TPSA) is 124 Å². The Kier molecular flexibility index (Phi) is 7.55. The number of carbonyl (C=O) groups excluding carboxylic acids is 1. The lowest BCUT2D eigenvalue weighted by Crippen LogP contribution is -2.46. The number of sulfone groups is 1. The second kappa shape index (κ2) is 11.4. The first-order valence-corrected chi connectivity index (χ1v) is 15.7. The Labute approximate surface area is 239 Å². The predicted octanol–water partition coefficient (Wildman–Crippen LogP) is 3.97. The minimum Gasteiger partial charge on any atom is -0.338 e. The molecule has 0 unspecified atom stereocenters. The van der Waals surface area contributed by atoms with Crippen LogP contribution in [0.1, 0.15) is 45.9 Å². The molecule has 0 spiro atoms. The zero-order valence-corrected chi connectivity index (χ0v) is 23.8. The molecule has 3 heterocycles. The average Bonchev–Trinajstić information content (AvgIpc) is 3.73. The summed E-state index contributed by atoms with van der Waals surface area (Å²) in [7, 11) is -3.36. The standard InChI is InChI=1S/C30H33N7O3S/c1-41(39,40)25-4-2-3-24(18-25)27(38)17-21-5-7-22(8-6-21)20-36-13-15-37(16-14-36)30-31-12-11-28(33-30)32-29-19-26(34-35-29)23-9-10-23/h2-8,11-12,18-19,23H,9-10,13-17,20H2,1H3,(H2,31,32,33,34,35). The molecule has 11 heteroatoms. The summed E-state index contributed by atoms with van der Waals surface area (Å²) in [6.45, 7) is 4.27. The molecule has 2 aromatic carbocycles. The smallest absolute Gasteiger partial charge is 0.227 e. The molecule has 1 saturated carbocycles. The molecule has 2 aromatic heterocycles. The molecule has 4 aromatic rings. The monoisotopic (exact) mass is 571 g/mol. The van der Waals surface area contributed by atoms with E-state index in [4.69, 9.17) is 4.98 Å². The Morgan fingerprint density at radius 2 is 1.73 bits per heavy atom. The maximum atomic E-state index is 12.8. The van der Waals surface area contributed by atoms with Gasteiger partial charge >= 0.3 is 0 Å². The number of aromatic amines is 1. The van der Waals surface area contributed by atoms with Crippen LogP contribution in [0, 0.1) is 0 Å². The zero-order chi connectivity index (χ0) is 28.4. The lowest BCUT2D eigenvalue weighted by atomic mass is 10.0. The van der Waals surface area contributed by atoms with Crippen LogP contribution in [0.5, 0.6) is 0 Å². The van der Waals surface area contributed by atoms with Crippen molar-refractivity contribution in [2.75, 3.05) is 42.7 Å². The van der Waals surface area contributed by atoms with Crippen LogP contribution in [-0.2, 0) is 22.8 Å². The van der Waals surface area contributed by atoms with Gasteiger partial charge in [-0.05, 0) is 42.2 Å². The van der Waals surface area contributed by atoms with Gasteiger partial charge in [0, 0.05) is 74.8 Å². The van der Waals surface area contributed by atoms with Crippen LogP contribution in [0.2, 0.25) is 0 Å². The van der Waals surface area contributed by atoms with Crippen LogP contribution < -0.4 is 10.2 Å². The lowest BCUT2D eigenvalue weighted by molar-refractivity contribution is 0.0992. The molecule has 1 aliphatic carbocycles. The van der Waals surface area contributed by atoms with Crippen molar-refractivity contribution in [3.05, 3.63) is 89.2 Å². The highest BCUT2D eigenvalue weighted by molar-refractivity contribution is 7.90. The predicted molar refractivity (Wildman–Crippen MR) is 157 cm³/mol. The van der Waals surface area contributed by atoms with E-state index in [-0.39, 0.29) is 17.1 Å². The van der Waals surface area contributed by atoms with Gasteiger partial charge in [-0.2, -0.15) is 10.1 Å². The molecule has 0 atom stereocenters. The summed E-state index contributed by atoms with van der Waals surface area (Å²) in [5.74, 6) is 2.74. The first-order valence-electron chi connectivity index (χ1n) is 13.8. The number of hydrogen-bond donors (Lipinski definition) is 2. The number of nitrogens with zero attached hydrogens (tertiary/aromatic N) is 5. The number of piperazine rings is 1. The third-order valence-corrected chi connectivity index (χ3v) is 8.66. The average molecular weight is 572 g/mol. The summed E-state index contributed by atoms with van der Waals surface area (Å²) in [5.41, 5.74) is 3.67. The Bertz CT molecular complexity index is 1640. The van der Waals surface area contributed by atoms with Gasteiger partial charge in [0.1, 0.15) is 5.82 Å². The highest BCUT2D eigenvalue weighted by atomic mass is 32.2. The molecular weight excluding hydrogens is 538 g/mol.